The summed E-state index contributed by atoms with van der Waals surface area (Å²) >= 11 is 0. The molecule has 2 N–H and O–H groups in total. The first kappa shape index (κ1) is 14.9. The van der Waals surface area contributed by atoms with Crippen molar-refractivity contribution >= 4 is 12.4 Å². The summed E-state index contributed by atoms with van der Waals surface area (Å²) in [6.07, 6.45) is 3.63. The third kappa shape index (κ3) is 3.33. The fourth-order valence-corrected chi connectivity index (χ4v) is 2.87. The lowest BCUT2D eigenvalue weighted by atomic mass is 9.87. The zero-order valence-corrected chi connectivity index (χ0v) is 12.2. The van der Waals surface area contributed by atoms with Crippen LogP contribution in [-0.4, -0.2) is 5.11 Å². The van der Waals surface area contributed by atoms with Crippen LogP contribution in [0.15, 0.2) is 48.5 Å². The summed E-state index contributed by atoms with van der Waals surface area (Å²) in [4.78, 5) is 0. The minimum absolute atomic E-state index is 0. The standard InChI is InChI=1S/C17H19NO.ClH/c19-15-8-3-5-13(11-15)12-18-17-10-4-7-14-6-1-2-9-16(14)17;/h1-3,5-6,8-9,11,17-19H,4,7,10,12H2;1H. The van der Waals surface area contributed by atoms with Gasteiger partial charge >= 0.3 is 0 Å². The van der Waals surface area contributed by atoms with E-state index in [4.69, 9.17) is 0 Å². The Labute approximate surface area is 126 Å². The Kier molecular flexibility index (Phi) is 5.05. The summed E-state index contributed by atoms with van der Waals surface area (Å²) < 4.78 is 0. The predicted octanol–water partition coefficient (Wildman–Crippen LogP) is 3.98. The van der Waals surface area contributed by atoms with Crippen molar-refractivity contribution < 1.29 is 5.11 Å². The second-order valence-electron chi connectivity index (χ2n) is 5.19. The van der Waals surface area contributed by atoms with Gasteiger partial charge in [-0.2, -0.15) is 0 Å². The smallest absolute Gasteiger partial charge is 0.115 e. The monoisotopic (exact) mass is 289 g/mol. The molecule has 2 aromatic rings. The van der Waals surface area contributed by atoms with Gasteiger partial charge in [0, 0.05) is 12.6 Å². The van der Waals surface area contributed by atoms with Gasteiger partial charge in [0.15, 0.2) is 0 Å². The van der Waals surface area contributed by atoms with Gasteiger partial charge in [0.1, 0.15) is 5.75 Å². The molecule has 3 heteroatoms. The molecule has 0 bridgehead atoms. The molecule has 20 heavy (non-hydrogen) atoms. The summed E-state index contributed by atoms with van der Waals surface area (Å²) in [7, 11) is 0. The number of rotatable bonds is 3. The fourth-order valence-electron chi connectivity index (χ4n) is 2.87. The maximum Gasteiger partial charge on any atom is 0.115 e. The van der Waals surface area contributed by atoms with Crippen molar-refractivity contribution in [3.05, 3.63) is 65.2 Å². The van der Waals surface area contributed by atoms with Crippen molar-refractivity contribution in [3.8, 4) is 5.75 Å². The van der Waals surface area contributed by atoms with E-state index in [1.54, 1.807) is 6.07 Å². The first-order valence-corrected chi connectivity index (χ1v) is 6.92. The van der Waals surface area contributed by atoms with Crippen LogP contribution in [0.5, 0.6) is 5.75 Å². The third-order valence-electron chi connectivity index (χ3n) is 3.83. The van der Waals surface area contributed by atoms with Crippen LogP contribution in [0, 0.1) is 0 Å². The Morgan fingerprint density at radius 1 is 1.10 bits per heavy atom. The number of halogens is 1. The molecule has 2 nitrogen and oxygen atoms in total. The number of aromatic hydroxyl groups is 1. The highest BCUT2D eigenvalue weighted by Crippen LogP contribution is 2.29. The highest BCUT2D eigenvalue weighted by Gasteiger charge is 2.18. The minimum atomic E-state index is 0. The Hall–Kier alpha value is -1.51. The maximum absolute atomic E-state index is 9.48. The van der Waals surface area contributed by atoms with Crippen LogP contribution < -0.4 is 5.32 Å². The summed E-state index contributed by atoms with van der Waals surface area (Å²) in [5, 5.41) is 13.1. The van der Waals surface area contributed by atoms with E-state index < -0.39 is 0 Å². The van der Waals surface area contributed by atoms with Gasteiger partial charge in [0.25, 0.3) is 0 Å². The molecule has 0 aromatic heterocycles. The van der Waals surface area contributed by atoms with Crippen molar-refractivity contribution in [1.82, 2.24) is 5.32 Å². The lowest BCUT2D eigenvalue weighted by Crippen LogP contribution is -2.24. The molecule has 1 aliphatic carbocycles. The van der Waals surface area contributed by atoms with Crippen molar-refractivity contribution in [2.45, 2.75) is 31.8 Å². The molecule has 1 aliphatic rings. The van der Waals surface area contributed by atoms with E-state index in [9.17, 15) is 5.11 Å². The van der Waals surface area contributed by atoms with Gasteiger partial charge < -0.3 is 10.4 Å². The molecular formula is C17H20ClNO. The zero-order valence-electron chi connectivity index (χ0n) is 11.4. The number of nitrogens with one attached hydrogen (secondary N) is 1. The van der Waals surface area contributed by atoms with Crippen molar-refractivity contribution in [1.29, 1.82) is 0 Å². The molecule has 0 spiro atoms. The van der Waals surface area contributed by atoms with Gasteiger partial charge in [-0.3, -0.25) is 0 Å². The number of hydrogen-bond acceptors (Lipinski definition) is 2. The molecule has 106 valence electrons. The van der Waals surface area contributed by atoms with E-state index >= 15 is 0 Å². The average Bonchev–Trinajstić information content (AvgIpc) is 2.45. The summed E-state index contributed by atoms with van der Waals surface area (Å²) in [5.41, 5.74) is 4.04. The molecule has 0 fully saturated rings. The largest absolute Gasteiger partial charge is 0.508 e. The molecule has 2 aromatic carbocycles. The van der Waals surface area contributed by atoms with Crippen molar-refractivity contribution in [2.75, 3.05) is 0 Å². The topological polar surface area (TPSA) is 32.3 Å². The van der Waals surface area contributed by atoms with Gasteiger partial charge in [0.05, 0.1) is 0 Å². The highest BCUT2D eigenvalue weighted by atomic mass is 35.5. The molecule has 3 rings (SSSR count). The molecule has 0 saturated heterocycles. The molecule has 0 radical (unpaired) electrons. The lowest BCUT2D eigenvalue weighted by Gasteiger charge is -2.26. The highest BCUT2D eigenvalue weighted by molar-refractivity contribution is 5.85. The van der Waals surface area contributed by atoms with E-state index in [0.717, 1.165) is 12.1 Å². The van der Waals surface area contributed by atoms with Crippen LogP contribution in [0.4, 0.5) is 0 Å². The second kappa shape index (κ2) is 6.78. The summed E-state index contributed by atoms with van der Waals surface area (Å²) in [6.45, 7) is 0.799. The molecule has 0 amide bonds. The van der Waals surface area contributed by atoms with E-state index in [1.165, 1.54) is 30.4 Å². The van der Waals surface area contributed by atoms with Crippen LogP contribution in [0.3, 0.4) is 0 Å². The molecule has 0 aliphatic heterocycles. The fraction of sp³-hybridized carbons (Fsp3) is 0.294. The van der Waals surface area contributed by atoms with E-state index in [2.05, 4.69) is 29.6 Å². The van der Waals surface area contributed by atoms with Crippen LogP contribution in [0.25, 0.3) is 0 Å². The second-order valence-corrected chi connectivity index (χ2v) is 5.19. The van der Waals surface area contributed by atoms with Gasteiger partial charge in [-0.1, -0.05) is 36.4 Å². The summed E-state index contributed by atoms with van der Waals surface area (Å²) in [6, 6.07) is 16.6. The molecule has 1 unspecified atom stereocenters. The number of fused-ring (bicyclic) bond motifs is 1. The number of aryl methyl sites for hydroxylation is 1. The minimum Gasteiger partial charge on any atom is -0.508 e. The number of benzene rings is 2. The SMILES string of the molecule is Cl.Oc1cccc(CNC2CCCc3ccccc32)c1. The molecular weight excluding hydrogens is 270 g/mol. The zero-order chi connectivity index (χ0) is 13.1. The third-order valence-corrected chi connectivity index (χ3v) is 3.83. The Bertz CT molecular complexity index is 570. The Balaban J connectivity index is 0.00000147. The number of phenolic OH excluding ortho intramolecular Hbond substituents is 1. The maximum atomic E-state index is 9.48. The number of hydrogen-bond donors (Lipinski definition) is 2. The molecule has 1 atom stereocenters. The van der Waals surface area contributed by atoms with Gasteiger partial charge in [-0.05, 0) is 48.1 Å². The average molecular weight is 290 g/mol. The van der Waals surface area contributed by atoms with E-state index in [1.807, 2.05) is 18.2 Å². The Morgan fingerprint density at radius 3 is 2.80 bits per heavy atom. The van der Waals surface area contributed by atoms with Crippen molar-refractivity contribution in [3.63, 3.8) is 0 Å². The first-order chi connectivity index (χ1) is 9.33. The van der Waals surface area contributed by atoms with Crippen LogP contribution in [0.1, 0.15) is 35.6 Å². The van der Waals surface area contributed by atoms with E-state index in [-0.39, 0.29) is 12.4 Å². The normalized spacial score (nSPS) is 17.1. The van der Waals surface area contributed by atoms with E-state index in [0.29, 0.717) is 11.8 Å². The lowest BCUT2D eigenvalue weighted by molar-refractivity contribution is 0.455. The Morgan fingerprint density at radius 2 is 1.95 bits per heavy atom. The summed E-state index contributed by atoms with van der Waals surface area (Å²) in [5.74, 6) is 0.336. The first-order valence-electron chi connectivity index (χ1n) is 6.92. The van der Waals surface area contributed by atoms with Gasteiger partial charge in [-0.15, -0.1) is 12.4 Å². The van der Waals surface area contributed by atoms with Crippen molar-refractivity contribution in [2.24, 2.45) is 0 Å². The van der Waals surface area contributed by atoms with Gasteiger partial charge in [0.2, 0.25) is 0 Å². The van der Waals surface area contributed by atoms with Crippen LogP contribution >= 0.6 is 12.4 Å². The quantitative estimate of drug-likeness (QED) is 0.896. The van der Waals surface area contributed by atoms with Crippen LogP contribution in [0.2, 0.25) is 0 Å². The number of phenols is 1. The van der Waals surface area contributed by atoms with Gasteiger partial charge in [-0.25, -0.2) is 0 Å². The molecule has 0 heterocycles. The van der Waals surface area contributed by atoms with Crippen LogP contribution in [-0.2, 0) is 13.0 Å². The molecule has 0 saturated carbocycles. The predicted molar refractivity (Wildman–Crippen MR) is 84.3 cm³/mol.